The molecule has 0 aliphatic heterocycles. The van der Waals surface area contributed by atoms with Crippen LogP contribution < -0.4 is 0 Å². The average Bonchev–Trinajstić information content (AvgIpc) is 2.49. The number of nitriles is 1. The van der Waals surface area contributed by atoms with E-state index in [-0.39, 0.29) is 5.97 Å². The summed E-state index contributed by atoms with van der Waals surface area (Å²) >= 11 is 0. The zero-order valence-corrected chi connectivity index (χ0v) is 15.3. The van der Waals surface area contributed by atoms with Gasteiger partial charge in [0.05, 0.1) is 6.61 Å². The maximum atomic E-state index is 11.6. The molecule has 1 aromatic heterocycles. The molecule has 1 aromatic rings. The third-order valence-electron chi connectivity index (χ3n) is 3.44. The van der Waals surface area contributed by atoms with Crippen LogP contribution in [0, 0.1) is 11.3 Å². The van der Waals surface area contributed by atoms with Crippen LogP contribution in [0.2, 0.25) is 0 Å². The number of carbonyl (C=O) groups is 1. The van der Waals surface area contributed by atoms with E-state index >= 15 is 0 Å². The number of aryl methyl sites for hydroxylation is 1. The Kier molecular flexibility index (Phi) is 8.71. The van der Waals surface area contributed by atoms with Crippen molar-refractivity contribution >= 4 is 16.0 Å². The smallest absolute Gasteiger partial charge is 0.305 e. The molecule has 0 aromatic carbocycles. The molecular formula is C18H28N2O2S. The number of carbonyl (C=O) groups excluding carboxylic acids is 1. The molecule has 0 unspecified atom stereocenters. The first-order valence-corrected chi connectivity index (χ1v) is 11.1. The fourth-order valence-electron chi connectivity index (χ4n) is 2.09. The number of unbranched alkanes of at least 4 members (excludes halogenated alkanes) is 3. The fourth-order valence-corrected chi connectivity index (χ4v) is 2.67. The van der Waals surface area contributed by atoms with Gasteiger partial charge < -0.3 is 4.74 Å². The number of aromatic nitrogens is 1. The standard InChI is InChI=1S/C18H28N2O2S/c1-23(2,3)14-13-22-18(21)12-7-5-4-6-9-16-10-8-11-17(15-19)20-16/h8,10-11H,4-7,9,12-14H2,1-3H3. The predicted molar refractivity (Wildman–Crippen MR) is 96.9 cm³/mol. The van der Waals surface area contributed by atoms with Crippen LogP contribution in [0.4, 0.5) is 0 Å². The van der Waals surface area contributed by atoms with E-state index in [9.17, 15) is 4.79 Å². The molecule has 4 nitrogen and oxygen atoms in total. The summed E-state index contributed by atoms with van der Waals surface area (Å²) in [7, 11) is -0.587. The molecule has 0 fully saturated rings. The Labute approximate surface area is 141 Å². The summed E-state index contributed by atoms with van der Waals surface area (Å²) in [6, 6.07) is 7.60. The highest BCUT2D eigenvalue weighted by Crippen LogP contribution is 2.33. The van der Waals surface area contributed by atoms with Crippen LogP contribution in [0.5, 0.6) is 0 Å². The summed E-state index contributed by atoms with van der Waals surface area (Å²) in [5.74, 6) is 0.907. The van der Waals surface area contributed by atoms with Gasteiger partial charge in [-0.3, -0.25) is 4.79 Å². The average molecular weight is 337 g/mol. The highest BCUT2D eigenvalue weighted by atomic mass is 32.3. The maximum Gasteiger partial charge on any atom is 0.305 e. The third-order valence-corrected chi connectivity index (χ3v) is 4.84. The summed E-state index contributed by atoms with van der Waals surface area (Å²) in [5.41, 5.74) is 1.44. The van der Waals surface area contributed by atoms with E-state index in [2.05, 4.69) is 29.8 Å². The van der Waals surface area contributed by atoms with Gasteiger partial charge in [-0.1, -0.05) is 18.9 Å². The second-order valence-corrected chi connectivity index (χ2v) is 11.1. The summed E-state index contributed by atoms with van der Waals surface area (Å²) in [5, 5.41) is 8.81. The highest BCUT2D eigenvalue weighted by molar-refractivity contribution is 8.32. The Balaban J connectivity index is 2.05. The SMILES string of the molecule is CS(C)(C)CCOC(=O)CCCCCCc1cccc(C#N)n1. The van der Waals surface area contributed by atoms with Gasteiger partial charge in [0.15, 0.2) is 0 Å². The molecule has 0 saturated carbocycles. The Hall–Kier alpha value is -1.54. The first kappa shape index (κ1) is 19.5. The van der Waals surface area contributed by atoms with Crippen molar-refractivity contribution in [1.29, 1.82) is 5.26 Å². The lowest BCUT2D eigenvalue weighted by Gasteiger charge is -2.24. The van der Waals surface area contributed by atoms with Crippen molar-refractivity contribution in [3.63, 3.8) is 0 Å². The van der Waals surface area contributed by atoms with Gasteiger partial charge >= 0.3 is 5.97 Å². The first-order valence-electron chi connectivity index (χ1n) is 8.08. The van der Waals surface area contributed by atoms with Gasteiger partial charge in [-0.25, -0.2) is 15.0 Å². The molecule has 5 heteroatoms. The molecule has 0 aliphatic rings. The number of nitrogens with zero attached hydrogens (tertiary/aromatic N) is 2. The Morgan fingerprint density at radius 2 is 1.96 bits per heavy atom. The van der Waals surface area contributed by atoms with Gasteiger partial charge in [-0.15, -0.1) is 0 Å². The van der Waals surface area contributed by atoms with Crippen LogP contribution in [0.3, 0.4) is 0 Å². The van der Waals surface area contributed by atoms with Gasteiger partial charge in [0.25, 0.3) is 0 Å². The summed E-state index contributed by atoms with van der Waals surface area (Å²) in [4.78, 5) is 15.9. The Bertz CT molecular complexity index is 533. The van der Waals surface area contributed by atoms with Crippen molar-refractivity contribution in [2.75, 3.05) is 31.1 Å². The van der Waals surface area contributed by atoms with E-state index in [4.69, 9.17) is 10.00 Å². The van der Waals surface area contributed by atoms with Gasteiger partial charge in [0.2, 0.25) is 0 Å². The third kappa shape index (κ3) is 9.96. The Morgan fingerprint density at radius 1 is 1.22 bits per heavy atom. The highest BCUT2D eigenvalue weighted by Gasteiger charge is 2.07. The minimum atomic E-state index is -0.587. The summed E-state index contributed by atoms with van der Waals surface area (Å²) < 4.78 is 5.26. The van der Waals surface area contributed by atoms with Crippen LogP contribution in [-0.2, 0) is 16.0 Å². The molecular weight excluding hydrogens is 308 g/mol. The fraction of sp³-hybridized carbons (Fsp3) is 0.611. The monoisotopic (exact) mass is 336 g/mol. The topological polar surface area (TPSA) is 63.0 Å². The second-order valence-electron chi connectivity index (χ2n) is 6.56. The van der Waals surface area contributed by atoms with Gasteiger partial charge in [-0.05, 0) is 50.2 Å². The first-order chi connectivity index (χ1) is 10.9. The number of esters is 1. The normalized spacial score (nSPS) is 11.7. The summed E-state index contributed by atoms with van der Waals surface area (Å²) in [6.07, 6.45) is 12.1. The molecule has 0 N–H and O–H groups in total. The molecule has 0 spiro atoms. The van der Waals surface area contributed by atoms with Crippen LogP contribution >= 0.6 is 10.0 Å². The number of hydrogen-bond donors (Lipinski definition) is 0. The van der Waals surface area contributed by atoms with Gasteiger partial charge in [0, 0.05) is 17.9 Å². The van der Waals surface area contributed by atoms with E-state index in [1.165, 1.54) is 0 Å². The number of rotatable bonds is 10. The molecule has 128 valence electrons. The number of hydrogen-bond acceptors (Lipinski definition) is 4. The van der Waals surface area contributed by atoms with Crippen LogP contribution in [-0.4, -0.2) is 42.1 Å². The van der Waals surface area contributed by atoms with Crippen LogP contribution in [0.25, 0.3) is 0 Å². The van der Waals surface area contributed by atoms with Crippen molar-refractivity contribution in [2.24, 2.45) is 0 Å². The quantitative estimate of drug-likeness (QED) is 0.483. The number of ether oxygens (including phenoxy) is 1. The van der Waals surface area contributed by atoms with Crippen molar-refractivity contribution in [3.8, 4) is 6.07 Å². The summed E-state index contributed by atoms with van der Waals surface area (Å²) in [6.45, 7) is 0.554. The lowest BCUT2D eigenvalue weighted by Crippen LogP contribution is -2.11. The maximum absolute atomic E-state index is 11.6. The Morgan fingerprint density at radius 3 is 2.65 bits per heavy atom. The molecule has 0 radical (unpaired) electrons. The van der Waals surface area contributed by atoms with Crippen LogP contribution in [0.15, 0.2) is 18.2 Å². The predicted octanol–water partition coefficient (Wildman–Crippen LogP) is 3.68. The zero-order valence-electron chi connectivity index (χ0n) is 14.5. The van der Waals surface area contributed by atoms with E-state index in [1.807, 2.05) is 12.1 Å². The molecule has 0 amide bonds. The van der Waals surface area contributed by atoms with Crippen molar-refractivity contribution < 1.29 is 9.53 Å². The van der Waals surface area contributed by atoms with Crippen molar-refractivity contribution in [2.45, 2.75) is 38.5 Å². The van der Waals surface area contributed by atoms with Gasteiger partial charge in [0.1, 0.15) is 11.8 Å². The molecule has 0 saturated heterocycles. The molecule has 1 rings (SSSR count). The molecule has 0 bridgehead atoms. The molecule has 23 heavy (non-hydrogen) atoms. The van der Waals surface area contributed by atoms with E-state index in [0.29, 0.717) is 18.7 Å². The minimum Gasteiger partial charge on any atom is -0.465 e. The van der Waals surface area contributed by atoms with Gasteiger partial charge in [-0.2, -0.15) is 5.26 Å². The van der Waals surface area contributed by atoms with Crippen molar-refractivity contribution in [3.05, 3.63) is 29.6 Å². The minimum absolute atomic E-state index is 0.0722. The molecule has 0 aliphatic carbocycles. The largest absolute Gasteiger partial charge is 0.465 e. The zero-order chi connectivity index (χ0) is 17.1. The number of pyridine rings is 1. The lowest BCUT2D eigenvalue weighted by atomic mass is 10.1. The molecule has 0 atom stereocenters. The van der Waals surface area contributed by atoms with E-state index in [0.717, 1.165) is 43.6 Å². The second kappa shape index (κ2) is 10.3. The molecule has 1 heterocycles. The van der Waals surface area contributed by atoms with E-state index in [1.54, 1.807) is 6.07 Å². The van der Waals surface area contributed by atoms with E-state index < -0.39 is 10.0 Å². The van der Waals surface area contributed by atoms with Crippen LogP contribution in [0.1, 0.15) is 43.5 Å². The lowest BCUT2D eigenvalue weighted by molar-refractivity contribution is -0.143. The van der Waals surface area contributed by atoms with Crippen molar-refractivity contribution in [1.82, 2.24) is 4.98 Å².